The number of carbonyl (C=O) groups excluding carboxylic acids is 1. The highest BCUT2D eigenvalue weighted by Gasteiger charge is 2.10. The van der Waals surface area contributed by atoms with E-state index in [0.29, 0.717) is 0 Å². The number of nitro groups is 1. The van der Waals surface area contributed by atoms with Crippen LogP contribution in [0.3, 0.4) is 0 Å². The molecular weight excluding hydrogens is 304 g/mol. The van der Waals surface area contributed by atoms with Crippen LogP contribution < -0.4 is 5.32 Å². The lowest BCUT2D eigenvalue weighted by Gasteiger charge is -2.16. The molecule has 2 aromatic rings. The molecule has 0 spiro atoms. The van der Waals surface area contributed by atoms with Crippen LogP contribution in [0.2, 0.25) is 0 Å². The number of nitro benzene ring substituents is 1. The first kappa shape index (κ1) is 17.4. The molecule has 0 aromatic heterocycles. The number of non-ortho nitro benzene ring substituents is 1. The number of aryl methyl sites for hydroxylation is 2. The van der Waals surface area contributed by atoms with Gasteiger partial charge in [-0.25, -0.2) is 0 Å². The predicted molar refractivity (Wildman–Crippen MR) is 94.6 cm³/mol. The van der Waals surface area contributed by atoms with Crippen molar-refractivity contribution in [3.8, 4) is 0 Å². The minimum Gasteiger partial charge on any atom is -0.346 e. The summed E-state index contributed by atoms with van der Waals surface area (Å²) in [6.07, 6.45) is 3.07. The summed E-state index contributed by atoms with van der Waals surface area (Å²) in [7, 11) is 0. The zero-order valence-electron chi connectivity index (χ0n) is 13.9. The molecule has 5 heteroatoms. The maximum Gasteiger partial charge on any atom is 0.269 e. The molecule has 2 aromatic carbocycles. The van der Waals surface area contributed by atoms with Gasteiger partial charge in [0.2, 0.25) is 5.91 Å². The molecule has 0 bridgehead atoms. The van der Waals surface area contributed by atoms with Crippen LogP contribution in [0.5, 0.6) is 0 Å². The summed E-state index contributed by atoms with van der Waals surface area (Å²) >= 11 is 0. The van der Waals surface area contributed by atoms with Gasteiger partial charge in [-0.3, -0.25) is 14.9 Å². The van der Waals surface area contributed by atoms with Crippen molar-refractivity contribution in [1.29, 1.82) is 0 Å². The second-order valence-electron chi connectivity index (χ2n) is 5.77. The van der Waals surface area contributed by atoms with Gasteiger partial charge in [0.15, 0.2) is 0 Å². The Kier molecular flexibility index (Phi) is 5.47. The number of benzene rings is 2. The quantitative estimate of drug-likeness (QED) is 0.511. The van der Waals surface area contributed by atoms with Crippen molar-refractivity contribution in [2.75, 3.05) is 0 Å². The van der Waals surface area contributed by atoms with Gasteiger partial charge in [-0.2, -0.15) is 0 Å². The Bertz CT molecular complexity index is 780. The standard InChI is InChI=1S/C19H20N2O3/c1-13-4-5-14(2)18(12-13)15(3)20-19(22)11-8-16-6-9-17(10-7-16)21(23)24/h4-12,15H,1-3H3,(H,20,22)/b11-8+. The second kappa shape index (κ2) is 7.55. The van der Waals surface area contributed by atoms with Crippen LogP contribution in [-0.4, -0.2) is 10.8 Å². The molecule has 0 radical (unpaired) electrons. The van der Waals surface area contributed by atoms with Crippen LogP contribution in [-0.2, 0) is 4.79 Å². The van der Waals surface area contributed by atoms with Crippen molar-refractivity contribution in [2.24, 2.45) is 0 Å². The van der Waals surface area contributed by atoms with E-state index in [4.69, 9.17) is 0 Å². The van der Waals surface area contributed by atoms with E-state index in [2.05, 4.69) is 11.4 Å². The Hall–Kier alpha value is -2.95. The maximum absolute atomic E-state index is 12.1. The van der Waals surface area contributed by atoms with Crippen LogP contribution in [0.4, 0.5) is 5.69 Å². The summed E-state index contributed by atoms with van der Waals surface area (Å²) in [5.74, 6) is -0.207. The monoisotopic (exact) mass is 324 g/mol. The zero-order valence-corrected chi connectivity index (χ0v) is 13.9. The fourth-order valence-corrected chi connectivity index (χ4v) is 2.44. The summed E-state index contributed by atoms with van der Waals surface area (Å²) in [6.45, 7) is 5.98. The summed E-state index contributed by atoms with van der Waals surface area (Å²) in [4.78, 5) is 22.2. The second-order valence-corrected chi connectivity index (χ2v) is 5.77. The van der Waals surface area contributed by atoms with Crippen LogP contribution >= 0.6 is 0 Å². The average Bonchev–Trinajstić information content (AvgIpc) is 2.55. The summed E-state index contributed by atoms with van der Waals surface area (Å²) < 4.78 is 0. The maximum atomic E-state index is 12.1. The smallest absolute Gasteiger partial charge is 0.269 e. The molecule has 1 unspecified atom stereocenters. The summed E-state index contributed by atoms with van der Waals surface area (Å²) in [5.41, 5.74) is 4.13. The molecule has 0 heterocycles. The number of carbonyl (C=O) groups is 1. The molecular formula is C19H20N2O3. The van der Waals surface area contributed by atoms with Gasteiger partial charge >= 0.3 is 0 Å². The van der Waals surface area contributed by atoms with Crippen molar-refractivity contribution in [2.45, 2.75) is 26.8 Å². The average molecular weight is 324 g/mol. The van der Waals surface area contributed by atoms with Crippen molar-refractivity contribution in [3.63, 3.8) is 0 Å². The van der Waals surface area contributed by atoms with Crippen LogP contribution in [0, 0.1) is 24.0 Å². The van der Waals surface area contributed by atoms with Crippen molar-refractivity contribution < 1.29 is 9.72 Å². The van der Waals surface area contributed by atoms with E-state index in [1.54, 1.807) is 18.2 Å². The number of hydrogen-bond acceptors (Lipinski definition) is 3. The minimum atomic E-state index is -0.452. The number of amides is 1. The highest BCUT2D eigenvalue weighted by Crippen LogP contribution is 2.19. The van der Waals surface area contributed by atoms with E-state index in [0.717, 1.165) is 22.3 Å². The largest absolute Gasteiger partial charge is 0.346 e. The highest BCUT2D eigenvalue weighted by molar-refractivity contribution is 5.92. The van der Waals surface area contributed by atoms with Crippen LogP contribution in [0.25, 0.3) is 6.08 Å². The Morgan fingerprint density at radius 2 is 1.83 bits per heavy atom. The lowest BCUT2D eigenvalue weighted by Crippen LogP contribution is -2.25. The fourth-order valence-electron chi connectivity index (χ4n) is 2.44. The van der Waals surface area contributed by atoms with Crippen molar-refractivity contribution in [3.05, 3.63) is 80.9 Å². The zero-order chi connectivity index (χ0) is 17.7. The SMILES string of the molecule is Cc1ccc(C)c(C(C)NC(=O)/C=C/c2ccc([N+](=O)[O-])cc2)c1. The highest BCUT2D eigenvalue weighted by atomic mass is 16.6. The topological polar surface area (TPSA) is 72.2 Å². The molecule has 0 aliphatic rings. The molecule has 124 valence electrons. The molecule has 0 aliphatic carbocycles. The van der Waals surface area contributed by atoms with E-state index in [1.807, 2.05) is 32.9 Å². The Morgan fingerprint density at radius 1 is 1.17 bits per heavy atom. The number of nitrogens with zero attached hydrogens (tertiary/aromatic N) is 1. The van der Waals surface area contributed by atoms with Crippen molar-refractivity contribution >= 4 is 17.7 Å². The molecule has 1 amide bonds. The van der Waals surface area contributed by atoms with Gasteiger partial charge < -0.3 is 5.32 Å². The van der Waals surface area contributed by atoms with Crippen LogP contribution in [0.1, 0.15) is 35.2 Å². The normalized spacial score (nSPS) is 12.1. The van der Waals surface area contributed by atoms with Crippen LogP contribution in [0.15, 0.2) is 48.5 Å². The van der Waals surface area contributed by atoms with Gasteiger partial charge in [-0.15, -0.1) is 0 Å². The first-order valence-corrected chi connectivity index (χ1v) is 7.67. The van der Waals surface area contributed by atoms with E-state index in [1.165, 1.54) is 18.2 Å². The van der Waals surface area contributed by atoms with Gasteiger partial charge in [0.25, 0.3) is 5.69 Å². The minimum absolute atomic E-state index is 0.0279. The molecule has 0 saturated carbocycles. The number of hydrogen-bond donors (Lipinski definition) is 1. The Balaban J connectivity index is 2.01. The van der Waals surface area contributed by atoms with E-state index < -0.39 is 4.92 Å². The first-order chi connectivity index (χ1) is 11.4. The number of nitrogens with one attached hydrogen (secondary N) is 1. The van der Waals surface area contributed by atoms with E-state index in [-0.39, 0.29) is 17.6 Å². The molecule has 0 saturated heterocycles. The van der Waals surface area contributed by atoms with Gasteiger partial charge in [0.1, 0.15) is 0 Å². The Morgan fingerprint density at radius 3 is 2.46 bits per heavy atom. The lowest BCUT2D eigenvalue weighted by molar-refractivity contribution is -0.384. The molecule has 5 nitrogen and oxygen atoms in total. The lowest BCUT2D eigenvalue weighted by atomic mass is 10.00. The first-order valence-electron chi connectivity index (χ1n) is 7.67. The van der Waals surface area contributed by atoms with Gasteiger partial charge in [0.05, 0.1) is 11.0 Å². The van der Waals surface area contributed by atoms with E-state index in [9.17, 15) is 14.9 Å². The van der Waals surface area contributed by atoms with Crippen molar-refractivity contribution in [1.82, 2.24) is 5.32 Å². The molecule has 24 heavy (non-hydrogen) atoms. The molecule has 2 rings (SSSR count). The number of rotatable bonds is 5. The van der Waals surface area contributed by atoms with Gasteiger partial charge in [0, 0.05) is 18.2 Å². The molecule has 1 N–H and O–H groups in total. The summed E-state index contributed by atoms with van der Waals surface area (Å²) in [6, 6.07) is 12.1. The third-order valence-electron chi connectivity index (χ3n) is 3.79. The third kappa shape index (κ3) is 4.52. The summed E-state index contributed by atoms with van der Waals surface area (Å²) in [5, 5.41) is 13.5. The van der Waals surface area contributed by atoms with Gasteiger partial charge in [-0.1, -0.05) is 23.8 Å². The molecule has 1 atom stereocenters. The third-order valence-corrected chi connectivity index (χ3v) is 3.79. The Labute approximate surface area is 141 Å². The predicted octanol–water partition coefficient (Wildman–Crippen LogP) is 4.10. The fraction of sp³-hybridized carbons (Fsp3) is 0.211. The molecule has 0 aliphatic heterocycles. The molecule has 0 fully saturated rings. The van der Waals surface area contributed by atoms with E-state index >= 15 is 0 Å². The van der Waals surface area contributed by atoms with Gasteiger partial charge in [-0.05, 0) is 55.7 Å².